The van der Waals surface area contributed by atoms with Crippen LogP contribution in [0.1, 0.15) is 37.5 Å². The summed E-state index contributed by atoms with van der Waals surface area (Å²) in [7, 11) is -2.75. The summed E-state index contributed by atoms with van der Waals surface area (Å²) in [6.45, 7) is 6.91. The van der Waals surface area contributed by atoms with E-state index in [2.05, 4.69) is 5.32 Å². The summed E-state index contributed by atoms with van der Waals surface area (Å²) in [6, 6.07) is 28.4. The number of benzene rings is 4. The van der Waals surface area contributed by atoms with Crippen LogP contribution in [0.3, 0.4) is 0 Å². The molecule has 1 N–H and O–H groups in total. The van der Waals surface area contributed by atoms with Gasteiger partial charge in [-0.05, 0) is 75.2 Å². The number of aryl methyl sites for hydroxylation is 1. The molecule has 4 aromatic rings. The fourth-order valence-electron chi connectivity index (χ4n) is 4.97. The molecule has 2 amide bonds. The van der Waals surface area contributed by atoms with E-state index in [0.29, 0.717) is 16.3 Å². The third-order valence-electron chi connectivity index (χ3n) is 7.24. The number of halogens is 1. The maximum absolute atomic E-state index is 14.6. The predicted octanol–water partition coefficient (Wildman–Crippen LogP) is 6.41. The van der Waals surface area contributed by atoms with Crippen molar-refractivity contribution >= 4 is 39.1 Å². The third-order valence-corrected chi connectivity index (χ3v) is 9.26. The molecule has 1 atom stereocenters. The van der Waals surface area contributed by atoms with Crippen LogP contribution in [-0.2, 0) is 32.6 Å². The van der Waals surface area contributed by atoms with Crippen molar-refractivity contribution in [3.05, 3.63) is 125 Å². The van der Waals surface area contributed by atoms with Gasteiger partial charge in [0.25, 0.3) is 10.0 Å². The smallest absolute Gasteiger partial charge is 0.264 e. The van der Waals surface area contributed by atoms with E-state index in [1.165, 1.54) is 24.1 Å². The van der Waals surface area contributed by atoms with Crippen LogP contribution in [0.25, 0.3) is 0 Å². The van der Waals surface area contributed by atoms with E-state index in [1.807, 2.05) is 64.1 Å². The van der Waals surface area contributed by atoms with Gasteiger partial charge >= 0.3 is 0 Å². The van der Waals surface area contributed by atoms with Gasteiger partial charge in [0.15, 0.2) is 0 Å². The highest BCUT2D eigenvalue weighted by Crippen LogP contribution is 2.28. The molecule has 4 aromatic carbocycles. The van der Waals surface area contributed by atoms with Crippen LogP contribution in [0.2, 0.25) is 5.02 Å². The summed E-state index contributed by atoms with van der Waals surface area (Å²) < 4.78 is 34.9. The second-order valence-corrected chi connectivity index (χ2v) is 14.4. The zero-order chi connectivity index (χ0) is 33.5. The SMILES string of the molecule is COc1cccc(N(CC(=O)N(Cc2cccc(Cl)c2)[C@@H](Cc2ccccc2)C(=O)NC(C)(C)C)S(=O)(=O)c2ccc(C)cc2)c1. The highest BCUT2D eigenvalue weighted by Gasteiger charge is 2.35. The quantitative estimate of drug-likeness (QED) is 0.189. The normalized spacial score (nSPS) is 12.2. The lowest BCUT2D eigenvalue weighted by Gasteiger charge is -2.35. The number of nitrogens with zero attached hydrogens (tertiary/aromatic N) is 2. The first-order chi connectivity index (χ1) is 21.8. The minimum atomic E-state index is -4.23. The maximum atomic E-state index is 14.6. The Hall–Kier alpha value is -4.34. The molecular formula is C36H40ClN3O5S. The highest BCUT2D eigenvalue weighted by molar-refractivity contribution is 7.92. The Kier molecular flexibility index (Phi) is 11.1. The summed E-state index contributed by atoms with van der Waals surface area (Å²) in [5, 5.41) is 3.50. The molecule has 0 aromatic heterocycles. The number of hydrogen-bond acceptors (Lipinski definition) is 5. The number of nitrogens with one attached hydrogen (secondary N) is 1. The van der Waals surface area contributed by atoms with Crippen molar-refractivity contribution < 1.29 is 22.7 Å². The van der Waals surface area contributed by atoms with Gasteiger partial charge < -0.3 is 15.0 Å². The molecule has 242 valence electrons. The molecule has 10 heteroatoms. The Bertz CT molecular complexity index is 1760. The van der Waals surface area contributed by atoms with E-state index in [1.54, 1.807) is 54.6 Å². The van der Waals surface area contributed by atoms with Gasteiger partial charge in [-0.2, -0.15) is 0 Å². The summed E-state index contributed by atoms with van der Waals surface area (Å²) in [6.07, 6.45) is 0.207. The number of amides is 2. The number of carbonyl (C=O) groups is 2. The zero-order valence-corrected chi connectivity index (χ0v) is 28.3. The van der Waals surface area contributed by atoms with Crippen LogP contribution in [0.4, 0.5) is 5.69 Å². The van der Waals surface area contributed by atoms with Gasteiger partial charge in [0, 0.05) is 29.6 Å². The Morgan fingerprint density at radius 2 is 1.52 bits per heavy atom. The minimum Gasteiger partial charge on any atom is -0.497 e. The van der Waals surface area contributed by atoms with Crippen LogP contribution in [0.5, 0.6) is 5.75 Å². The van der Waals surface area contributed by atoms with Gasteiger partial charge in [0.1, 0.15) is 18.3 Å². The first-order valence-electron chi connectivity index (χ1n) is 14.9. The van der Waals surface area contributed by atoms with E-state index >= 15 is 0 Å². The number of sulfonamides is 1. The number of anilines is 1. The molecule has 0 heterocycles. The second kappa shape index (κ2) is 14.8. The van der Waals surface area contributed by atoms with Gasteiger partial charge in [-0.3, -0.25) is 13.9 Å². The second-order valence-electron chi connectivity index (χ2n) is 12.1. The van der Waals surface area contributed by atoms with E-state index in [9.17, 15) is 18.0 Å². The lowest BCUT2D eigenvalue weighted by Crippen LogP contribution is -2.56. The zero-order valence-electron chi connectivity index (χ0n) is 26.7. The average Bonchev–Trinajstić information content (AvgIpc) is 3.01. The molecule has 0 fully saturated rings. The maximum Gasteiger partial charge on any atom is 0.264 e. The van der Waals surface area contributed by atoms with Crippen molar-refractivity contribution in [1.29, 1.82) is 0 Å². The third kappa shape index (κ3) is 9.11. The fraction of sp³-hybridized carbons (Fsp3) is 0.278. The fourth-order valence-corrected chi connectivity index (χ4v) is 6.59. The van der Waals surface area contributed by atoms with Gasteiger partial charge in [-0.1, -0.05) is 77.8 Å². The monoisotopic (exact) mass is 661 g/mol. The number of carbonyl (C=O) groups excluding carboxylic acids is 2. The Labute approximate surface area is 277 Å². The topological polar surface area (TPSA) is 96.0 Å². The van der Waals surface area contributed by atoms with Gasteiger partial charge in [-0.15, -0.1) is 0 Å². The highest BCUT2D eigenvalue weighted by atomic mass is 35.5. The van der Waals surface area contributed by atoms with Crippen molar-refractivity contribution in [3.8, 4) is 5.75 Å². The predicted molar refractivity (Wildman–Crippen MR) is 183 cm³/mol. The standard InChI is InChI=1S/C36H40ClN3O5S/c1-26-17-19-32(20-18-26)46(43,44)40(30-15-10-16-31(23-30)45-5)25-34(41)39(24-28-13-9-14-29(37)21-28)33(35(42)38-36(2,3)4)22-27-11-7-6-8-12-27/h6-21,23,33H,22,24-25H2,1-5H3,(H,38,42)/t33-/m0/s1. The molecule has 4 rings (SSSR count). The van der Waals surface area contributed by atoms with Gasteiger partial charge in [0.2, 0.25) is 11.8 Å². The van der Waals surface area contributed by atoms with Gasteiger partial charge in [-0.25, -0.2) is 8.42 Å². The Balaban J connectivity index is 1.83. The molecule has 0 saturated heterocycles. The van der Waals surface area contributed by atoms with Gasteiger partial charge in [0.05, 0.1) is 17.7 Å². The van der Waals surface area contributed by atoms with E-state index in [4.69, 9.17) is 16.3 Å². The summed E-state index contributed by atoms with van der Waals surface area (Å²) in [5.74, 6) is -0.499. The number of ether oxygens (including phenoxy) is 1. The molecule has 0 aliphatic carbocycles. The van der Waals surface area contributed by atoms with Crippen LogP contribution >= 0.6 is 11.6 Å². The summed E-state index contributed by atoms with van der Waals surface area (Å²) in [5.41, 5.74) is 2.09. The molecule has 0 aliphatic rings. The number of rotatable bonds is 12. The van der Waals surface area contributed by atoms with Crippen molar-refractivity contribution in [2.24, 2.45) is 0 Å². The van der Waals surface area contributed by atoms with Crippen molar-refractivity contribution in [1.82, 2.24) is 10.2 Å². The molecule has 0 saturated carbocycles. The number of hydrogen-bond donors (Lipinski definition) is 1. The first-order valence-corrected chi connectivity index (χ1v) is 16.7. The van der Waals surface area contributed by atoms with Crippen LogP contribution in [0, 0.1) is 6.92 Å². The molecule has 0 bridgehead atoms. The van der Waals surface area contributed by atoms with E-state index in [-0.39, 0.29) is 29.5 Å². The van der Waals surface area contributed by atoms with Crippen LogP contribution in [0.15, 0.2) is 108 Å². The van der Waals surface area contributed by atoms with Crippen LogP contribution < -0.4 is 14.4 Å². The lowest BCUT2D eigenvalue weighted by molar-refractivity contribution is -0.140. The Morgan fingerprint density at radius 3 is 2.15 bits per heavy atom. The molecular weight excluding hydrogens is 622 g/mol. The molecule has 0 radical (unpaired) electrons. The van der Waals surface area contributed by atoms with E-state index in [0.717, 1.165) is 15.4 Å². The Morgan fingerprint density at radius 1 is 0.870 bits per heavy atom. The first kappa shape index (κ1) is 34.5. The molecule has 0 unspecified atom stereocenters. The van der Waals surface area contributed by atoms with Crippen molar-refractivity contribution in [2.45, 2.75) is 57.1 Å². The molecule has 46 heavy (non-hydrogen) atoms. The van der Waals surface area contributed by atoms with Crippen molar-refractivity contribution in [2.75, 3.05) is 18.0 Å². The average molecular weight is 662 g/mol. The summed E-state index contributed by atoms with van der Waals surface area (Å²) in [4.78, 5) is 30.0. The summed E-state index contributed by atoms with van der Waals surface area (Å²) >= 11 is 6.32. The van der Waals surface area contributed by atoms with Crippen molar-refractivity contribution in [3.63, 3.8) is 0 Å². The minimum absolute atomic E-state index is 0.0188. The molecule has 8 nitrogen and oxygen atoms in total. The van der Waals surface area contributed by atoms with Crippen LogP contribution in [-0.4, -0.2) is 50.4 Å². The number of methoxy groups -OCH3 is 1. The molecule has 0 aliphatic heterocycles. The largest absolute Gasteiger partial charge is 0.497 e. The lowest BCUT2D eigenvalue weighted by atomic mass is 10.0. The van der Waals surface area contributed by atoms with E-state index < -0.39 is 34.1 Å². The molecule has 0 spiro atoms.